The summed E-state index contributed by atoms with van der Waals surface area (Å²) in [6, 6.07) is 9.85. The number of nitrogens with two attached hydrogens (primary N) is 1. The Hall–Kier alpha value is -3.52. The molecule has 34 heavy (non-hydrogen) atoms. The van der Waals surface area contributed by atoms with Gasteiger partial charge in [-0.05, 0) is 48.6 Å². The molecule has 2 heterocycles. The van der Waals surface area contributed by atoms with Gasteiger partial charge in [0.15, 0.2) is 0 Å². The molecule has 2 atom stereocenters. The summed E-state index contributed by atoms with van der Waals surface area (Å²) < 4.78 is 18.8. The zero-order chi connectivity index (χ0) is 24.4. The number of halogens is 2. The van der Waals surface area contributed by atoms with E-state index in [0.29, 0.717) is 47.9 Å². The molecule has 0 radical (unpaired) electrons. The molecule has 2 N–H and O–H groups in total. The van der Waals surface area contributed by atoms with Crippen LogP contribution in [0.2, 0.25) is 5.02 Å². The normalized spacial score (nSPS) is 16.9. The number of benzene rings is 2. The molecule has 2 amide bonds. The van der Waals surface area contributed by atoms with Crippen LogP contribution in [0.15, 0.2) is 51.7 Å². The van der Waals surface area contributed by atoms with E-state index in [9.17, 15) is 23.6 Å². The van der Waals surface area contributed by atoms with Gasteiger partial charge >= 0.3 is 5.63 Å². The summed E-state index contributed by atoms with van der Waals surface area (Å²) in [5, 5.41) is 0.654. The maximum atomic E-state index is 13.5. The molecular weight excluding hydrogens is 463 g/mol. The molecule has 176 valence electrons. The van der Waals surface area contributed by atoms with Crippen molar-refractivity contribution in [2.45, 2.75) is 25.2 Å². The number of primary amides is 1. The number of rotatable bonds is 6. The van der Waals surface area contributed by atoms with Crippen molar-refractivity contribution in [3.8, 4) is 11.1 Å². The molecule has 0 bridgehead atoms. The third-order valence-corrected chi connectivity index (χ3v) is 6.38. The zero-order valence-corrected chi connectivity index (χ0v) is 18.9. The van der Waals surface area contributed by atoms with Crippen LogP contribution in [0.4, 0.5) is 4.39 Å². The zero-order valence-electron chi connectivity index (χ0n) is 18.1. The summed E-state index contributed by atoms with van der Waals surface area (Å²) in [5.74, 6) is -2.46. The molecule has 1 unspecified atom stereocenters. The lowest BCUT2D eigenvalue weighted by atomic mass is 9.91. The predicted molar refractivity (Wildman–Crippen MR) is 125 cm³/mol. The number of hydrogen-bond donors (Lipinski definition) is 1. The van der Waals surface area contributed by atoms with E-state index in [-0.39, 0.29) is 28.9 Å². The maximum absolute atomic E-state index is 13.5. The summed E-state index contributed by atoms with van der Waals surface area (Å²) in [7, 11) is 0. The Kier molecular flexibility index (Phi) is 6.79. The van der Waals surface area contributed by atoms with E-state index in [0.717, 1.165) is 12.5 Å². The van der Waals surface area contributed by atoms with Crippen molar-refractivity contribution in [2.24, 2.45) is 11.7 Å². The van der Waals surface area contributed by atoms with Crippen LogP contribution >= 0.6 is 11.6 Å². The third kappa shape index (κ3) is 4.87. The van der Waals surface area contributed by atoms with Crippen LogP contribution in [0.25, 0.3) is 22.1 Å². The first-order valence-electron chi connectivity index (χ1n) is 10.8. The second-order valence-corrected chi connectivity index (χ2v) is 8.84. The third-order valence-electron chi connectivity index (χ3n) is 6.07. The van der Waals surface area contributed by atoms with E-state index in [4.69, 9.17) is 21.8 Å². The van der Waals surface area contributed by atoms with Crippen LogP contribution in [0.1, 0.15) is 30.7 Å². The van der Waals surface area contributed by atoms with Gasteiger partial charge in [0.05, 0.1) is 5.02 Å². The molecular formula is C25H22ClFN2O5. The standard InChI is InChI=1S/C25H22ClFN2O5/c26-21-10-16(27)4-6-17(21)19-11-24(32)34-22-9-15(3-5-18(19)22)20(13-30)25(33)29-7-1-2-14(12-29)8-23(28)31/h3-6,9-11,13-14,20H,1-2,7-8,12H2,(H2,28,31)/t14-,20?/m1/s1. The van der Waals surface area contributed by atoms with E-state index in [2.05, 4.69) is 0 Å². The number of fused-ring (bicyclic) bond motifs is 1. The Morgan fingerprint density at radius 1 is 1.21 bits per heavy atom. The van der Waals surface area contributed by atoms with Gasteiger partial charge in [0.25, 0.3) is 0 Å². The highest BCUT2D eigenvalue weighted by atomic mass is 35.5. The minimum absolute atomic E-state index is 0.0415. The maximum Gasteiger partial charge on any atom is 0.336 e. The molecule has 7 nitrogen and oxygen atoms in total. The summed E-state index contributed by atoms with van der Waals surface area (Å²) in [6.07, 6.45) is 2.24. The van der Waals surface area contributed by atoms with Gasteiger partial charge in [0.1, 0.15) is 23.6 Å². The highest BCUT2D eigenvalue weighted by Crippen LogP contribution is 2.34. The van der Waals surface area contributed by atoms with Gasteiger partial charge in [-0.25, -0.2) is 9.18 Å². The van der Waals surface area contributed by atoms with E-state index in [1.807, 2.05) is 0 Å². The number of carbonyl (C=O) groups excluding carboxylic acids is 3. The Bertz CT molecular complexity index is 1340. The molecule has 0 spiro atoms. The van der Waals surface area contributed by atoms with E-state index >= 15 is 0 Å². The van der Waals surface area contributed by atoms with Crippen LogP contribution in [0.5, 0.6) is 0 Å². The SMILES string of the molecule is NC(=O)C[C@H]1CCCN(C(=O)C(C=O)c2ccc3c(-c4ccc(F)cc4Cl)cc(=O)oc3c2)C1. The minimum Gasteiger partial charge on any atom is -0.423 e. The second kappa shape index (κ2) is 9.77. The van der Waals surface area contributed by atoms with Gasteiger partial charge < -0.3 is 19.8 Å². The quantitative estimate of drug-likeness (QED) is 0.326. The van der Waals surface area contributed by atoms with Crippen molar-refractivity contribution in [1.82, 2.24) is 4.90 Å². The molecule has 4 rings (SSSR count). The van der Waals surface area contributed by atoms with Gasteiger partial charge in [0, 0.05) is 42.1 Å². The van der Waals surface area contributed by atoms with Crippen molar-refractivity contribution in [1.29, 1.82) is 0 Å². The lowest BCUT2D eigenvalue weighted by Gasteiger charge is -2.33. The number of likely N-dealkylation sites (tertiary alicyclic amines) is 1. The first-order chi connectivity index (χ1) is 16.3. The van der Waals surface area contributed by atoms with Crippen LogP contribution in [0.3, 0.4) is 0 Å². The molecule has 9 heteroatoms. The highest BCUT2D eigenvalue weighted by Gasteiger charge is 2.30. The summed E-state index contributed by atoms with van der Waals surface area (Å²) in [5.41, 5.74) is 6.08. The number of hydrogen-bond acceptors (Lipinski definition) is 5. The molecule has 1 aliphatic heterocycles. The van der Waals surface area contributed by atoms with Gasteiger partial charge in [-0.2, -0.15) is 0 Å². The van der Waals surface area contributed by atoms with Crippen molar-refractivity contribution in [3.05, 3.63) is 69.3 Å². The first kappa shape index (κ1) is 23.6. The monoisotopic (exact) mass is 484 g/mol. The number of amides is 2. The topological polar surface area (TPSA) is 111 Å². The van der Waals surface area contributed by atoms with Crippen LogP contribution in [-0.4, -0.2) is 36.1 Å². The Morgan fingerprint density at radius 3 is 2.71 bits per heavy atom. The summed E-state index contributed by atoms with van der Waals surface area (Å²) in [6.45, 7) is 0.830. The van der Waals surface area contributed by atoms with Gasteiger partial charge in [-0.3, -0.25) is 9.59 Å². The van der Waals surface area contributed by atoms with Gasteiger partial charge in [0.2, 0.25) is 11.8 Å². The molecule has 1 saturated heterocycles. The van der Waals surface area contributed by atoms with Crippen molar-refractivity contribution in [2.75, 3.05) is 13.1 Å². The van der Waals surface area contributed by atoms with Crippen LogP contribution in [0, 0.1) is 11.7 Å². The van der Waals surface area contributed by atoms with E-state index in [1.165, 1.54) is 24.3 Å². The Labute approximate surface area is 199 Å². The van der Waals surface area contributed by atoms with E-state index in [1.54, 1.807) is 17.0 Å². The first-order valence-corrected chi connectivity index (χ1v) is 11.2. The predicted octanol–water partition coefficient (Wildman–Crippen LogP) is 3.65. The molecule has 1 aliphatic rings. The molecule has 0 aliphatic carbocycles. The summed E-state index contributed by atoms with van der Waals surface area (Å²) in [4.78, 5) is 50.2. The average Bonchev–Trinajstić information content (AvgIpc) is 2.78. The fraction of sp³-hybridized carbons (Fsp3) is 0.280. The highest BCUT2D eigenvalue weighted by molar-refractivity contribution is 6.33. The fourth-order valence-corrected chi connectivity index (χ4v) is 4.76. The molecule has 2 aromatic carbocycles. The summed E-state index contributed by atoms with van der Waals surface area (Å²) >= 11 is 6.19. The number of piperidine rings is 1. The lowest BCUT2D eigenvalue weighted by Crippen LogP contribution is -2.43. The van der Waals surface area contributed by atoms with E-state index < -0.39 is 23.3 Å². The number of nitrogens with zero attached hydrogens (tertiary/aromatic N) is 1. The minimum atomic E-state index is -1.10. The number of carbonyl (C=O) groups is 3. The molecule has 3 aromatic rings. The second-order valence-electron chi connectivity index (χ2n) is 8.44. The van der Waals surface area contributed by atoms with Crippen LogP contribution in [-0.2, 0) is 14.4 Å². The molecule has 1 aromatic heterocycles. The fourth-order valence-electron chi connectivity index (χ4n) is 4.50. The van der Waals surface area contributed by atoms with Crippen molar-refractivity contribution in [3.63, 3.8) is 0 Å². The van der Waals surface area contributed by atoms with Gasteiger partial charge in [-0.1, -0.05) is 23.7 Å². The number of aldehydes is 1. The van der Waals surface area contributed by atoms with Crippen molar-refractivity contribution >= 4 is 40.7 Å². The lowest BCUT2D eigenvalue weighted by molar-refractivity contribution is -0.137. The van der Waals surface area contributed by atoms with Crippen molar-refractivity contribution < 1.29 is 23.2 Å². The molecule has 1 fully saturated rings. The largest absolute Gasteiger partial charge is 0.423 e. The molecule has 0 saturated carbocycles. The Morgan fingerprint density at radius 2 is 2.00 bits per heavy atom. The van der Waals surface area contributed by atoms with Gasteiger partial charge in [-0.15, -0.1) is 0 Å². The average molecular weight is 485 g/mol. The van der Waals surface area contributed by atoms with Crippen LogP contribution < -0.4 is 11.4 Å². The Balaban J connectivity index is 1.69. The smallest absolute Gasteiger partial charge is 0.336 e.